The predicted molar refractivity (Wildman–Crippen MR) is 72.8 cm³/mol. The molecule has 4 heteroatoms. The van der Waals surface area contributed by atoms with Crippen LogP contribution < -0.4 is 5.32 Å². The fourth-order valence-corrected chi connectivity index (χ4v) is 2.55. The van der Waals surface area contributed by atoms with Gasteiger partial charge in [0.2, 0.25) is 0 Å². The van der Waals surface area contributed by atoms with Gasteiger partial charge in [-0.3, -0.25) is 0 Å². The molecule has 0 saturated heterocycles. The first-order valence-corrected chi connectivity index (χ1v) is 6.74. The topological polar surface area (TPSA) is 38.3 Å². The summed E-state index contributed by atoms with van der Waals surface area (Å²) in [5.74, 6) is -0.0309. The number of halogens is 1. The Labute approximate surface area is 113 Å². The van der Waals surface area contributed by atoms with Crippen LogP contribution in [0.4, 0.5) is 10.1 Å². The fourth-order valence-electron chi connectivity index (χ4n) is 2.55. The third-order valence-corrected chi connectivity index (χ3v) is 3.76. The molecule has 19 heavy (non-hydrogen) atoms. The van der Waals surface area contributed by atoms with Crippen LogP contribution in [0.3, 0.4) is 0 Å². The molecule has 0 unspecified atom stereocenters. The summed E-state index contributed by atoms with van der Waals surface area (Å²) in [6.45, 7) is 2.25. The maximum absolute atomic E-state index is 13.3. The van der Waals surface area contributed by atoms with Gasteiger partial charge >= 0.3 is 5.97 Å². The van der Waals surface area contributed by atoms with Crippen molar-refractivity contribution in [3.8, 4) is 0 Å². The summed E-state index contributed by atoms with van der Waals surface area (Å²) < 4.78 is 18.1. The molecule has 0 spiro atoms. The van der Waals surface area contributed by atoms with E-state index < -0.39 is 5.97 Å². The van der Waals surface area contributed by atoms with Gasteiger partial charge in [0.15, 0.2) is 0 Å². The Kier molecular flexibility index (Phi) is 4.40. The molecule has 3 nitrogen and oxygen atoms in total. The maximum Gasteiger partial charge on any atom is 0.339 e. The van der Waals surface area contributed by atoms with Gasteiger partial charge in [-0.25, -0.2) is 9.18 Å². The highest BCUT2D eigenvalue weighted by Crippen LogP contribution is 2.27. The van der Waals surface area contributed by atoms with Crippen LogP contribution in [0.25, 0.3) is 0 Å². The SMILES string of the molecule is COC(=O)c1ccc(F)cc1NC1CCC(C)CC1. The Morgan fingerprint density at radius 3 is 2.63 bits per heavy atom. The minimum absolute atomic E-state index is 0.307. The van der Waals surface area contributed by atoms with E-state index in [9.17, 15) is 9.18 Å². The van der Waals surface area contributed by atoms with E-state index in [4.69, 9.17) is 4.74 Å². The number of carbonyl (C=O) groups excluding carboxylic acids is 1. The molecule has 0 bridgehead atoms. The highest BCUT2D eigenvalue weighted by atomic mass is 19.1. The van der Waals surface area contributed by atoms with Crippen molar-refractivity contribution in [3.63, 3.8) is 0 Å². The second-order valence-corrected chi connectivity index (χ2v) is 5.28. The van der Waals surface area contributed by atoms with E-state index in [0.29, 0.717) is 17.3 Å². The average molecular weight is 265 g/mol. The lowest BCUT2D eigenvalue weighted by Gasteiger charge is -2.28. The fraction of sp³-hybridized carbons (Fsp3) is 0.533. The third-order valence-electron chi connectivity index (χ3n) is 3.76. The minimum Gasteiger partial charge on any atom is -0.465 e. The quantitative estimate of drug-likeness (QED) is 0.849. The van der Waals surface area contributed by atoms with Crippen molar-refractivity contribution in [1.29, 1.82) is 0 Å². The van der Waals surface area contributed by atoms with Crippen LogP contribution in [0.2, 0.25) is 0 Å². The molecule has 1 N–H and O–H groups in total. The molecule has 1 aliphatic carbocycles. The summed E-state index contributed by atoms with van der Waals surface area (Å²) in [5, 5.41) is 3.29. The second kappa shape index (κ2) is 6.04. The van der Waals surface area contributed by atoms with Crippen LogP contribution in [-0.4, -0.2) is 19.1 Å². The molecular formula is C15H20FNO2. The van der Waals surface area contributed by atoms with Crippen molar-refractivity contribution in [2.45, 2.75) is 38.6 Å². The lowest BCUT2D eigenvalue weighted by Crippen LogP contribution is -2.26. The van der Waals surface area contributed by atoms with Gasteiger partial charge in [0.1, 0.15) is 5.82 Å². The van der Waals surface area contributed by atoms with Gasteiger partial charge in [0.25, 0.3) is 0 Å². The van der Waals surface area contributed by atoms with E-state index in [0.717, 1.165) is 18.8 Å². The Morgan fingerprint density at radius 2 is 2.00 bits per heavy atom. The predicted octanol–water partition coefficient (Wildman–Crippen LogP) is 3.60. The van der Waals surface area contributed by atoms with E-state index in [1.54, 1.807) is 0 Å². The largest absolute Gasteiger partial charge is 0.465 e. The zero-order valence-corrected chi connectivity index (χ0v) is 11.4. The van der Waals surface area contributed by atoms with E-state index in [1.807, 2.05) is 0 Å². The number of ether oxygens (including phenoxy) is 1. The normalized spacial score (nSPS) is 22.9. The standard InChI is InChI=1S/C15H20FNO2/c1-10-3-6-12(7-4-10)17-14-9-11(16)5-8-13(14)15(18)19-2/h5,8-10,12,17H,3-4,6-7H2,1-2H3. The molecule has 1 aliphatic rings. The molecule has 0 aliphatic heterocycles. The summed E-state index contributed by atoms with van der Waals surface area (Å²) in [6.07, 6.45) is 4.44. The van der Waals surface area contributed by atoms with Crippen molar-refractivity contribution in [1.82, 2.24) is 0 Å². The van der Waals surface area contributed by atoms with Crippen LogP contribution >= 0.6 is 0 Å². The minimum atomic E-state index is -0.438. The molecule has 0 heterocycles. The number of methoxy groups -OCH3 is 1. The summed E-state index contributed by atoms with van der Waals surface area (Å²) in [6, 6.07) is 4.42. The first kappa shape index (κ1) is 13.8. The second-order valence-electron chi connectivity index (χ2n) is 5.28. The first-order chi connectivity index (χ1) is 9.10. The van der Waals surface area contributed by atoms with Crippen LogP contribution in [0.5, 0.6) is 0 Å². The molecule has 1 saturated carbocycles. The van der Waals surface area contributed by atoms with Gasteiger partial charge in [-0.1, -0.05) is 6.92 Å². The van der Waals surface area contributed by atoms with Crippen molar-refractivity contribution >= 4 is 11.7 Å². The summed E-state index contributed by atoms with van der Waals surface area (Å²) >= 11 is 0. The molecular weight excluding hydrogens is 245 g/mol. The lowest BCUT2D eigenvalue weighted by atomic mass is 9.87. The Balaban J connectivity index is 2.14. The molecule has 1 fully saturated rings. The zero-order valence-electron chi connectivity index (χ0n) is 11.4. The first-order valence-electron chi connectivity index (χ1n) is 6.74. The maximum atomic E-state index is 13.3. The van der Waals surface area contributed by atoms with Crippen LogP contribution in [0.15, 0.2) is 18.2 Å². The molecule has 1 aromatic carbocycles. The Hall–Kier alpha value is -1.58. The van der Waals surface area contributed by atoms with Crippen LogP contribution in [-0.2, 0) is 4.74 Å². The smallest absolute Gasteiger partial charge is 0.339 e. The van der Waals surface area contributed by atoms with Gasteiger partial charge in [-0.2, -0.15) is 0 Å². The molecule has 2 rings (SSSR count). The molecule has 0 aromatic heterocycles. The van der Waals surface area contributed by atoms with E-state index in [2.05, 4.69) is 12.2 Å². The van der Waals surface area contributed by atoms with E-state index in [-0.39, 0.29) is 5.82 Å². The van der Waals surface area contributed by atoms with Gasteiger partial charge in [0, 0.05) is 6.04 Å². The summed E-state index contributed by atoms with van der Waals surface area (Å²) in [7, 11) is 1.33. The van der Waals surface area contributed by atoms with Gasteiger partial charge in [-0.05, 0) is 49.8 Å². The van der Waals surface area contributed by atoms with Gasteiger partial charge in [0.05, 0.1) is 18.4 Å². The molecule has 0 atom stereocenters. The van der Waals surface area contributed by atoms with Crippen molar-refractivity contribution in [2.24, 2.45) is 5.92 Å². The van der Waals surface area contributed by atoms with E-state index >= 15 is 0 Å². The Bertz CT molecular complexity index is 453. The molecule has 104 valence electrons. The number of rotatable bonds is 3. The average Bonchev–Trinajstić information content (AvgIpc) is 2.41. The number of esters is 1. The van der Waals surface area contributed by atoms with Crippen LogP contribution in [0, 0.1) is 11.7 Å². The van der Waals surface area contributed by atoms with Crippen molar-refractivity contribution < 1.29 is 13.9 Å². The zero-order chi connectivity index (χ0) is 13.8. The highest BCUT2D eigenvalue weighted by molar-refractivity contribution is 5.95. The Morgan fingerprint density at radius 1 is 1.32 bits per heavy atom. The molecule has 0 amide bonds. The van der Waals surface area contributed by atoms with Crippen LogP contribution in [0.1, 0.15) is 43.0 Å². The number of benzene rings is 1. The summed E-state index contributed by atoms with van der Waals surface area (Å²) in [4.78, 5) is 11.7. The number of anilines is 1. The number of nitrogens with one attached hydrogen (secondary N) is 1. The number of carbonyl (C=O) groups is 1. The summed E-state index contributed by atoms with van der Waals surface area (Å²) in [5.41, 5.74) is 0.925. The lowest BCUT2D eigenvalue weighted by molar-refractivity contribution is 0.0601. The third kappa shape index (κ3) is 3.46. The van der Waals surface area contributed by atoms with Gasteiger partial charge in [-0.15, -0.1) is 0 Å². The van der Waals surface area contributed by atoms with Crippen molar-refractivity contribution in [2.75, 3.05) is 12.4 Å². The molecule has 0 radical (unpaired) electrons. The number of hydrogen-bond acceptors (Lipinski definition) is 3. The number of hydrogen-bond donors (Lipinski definition) is 1. The van der Waals surface area contributed by atoms with E-state index in [1.165, 1.54) is 38.2 Å². The molecule has 1 aromatic rings. The van der Waals surface area contributed by atoms with Gasteiger partial charge < -0.3 is 10.1 Å². The monoisotopic (exact) mass is 265 g/mol. The van der Waals surface area contributed by atoms with Crippen molar-refractivity contribution in [3.05, 3.63) is 29.6 Å². The highest BCUT2D eigenvalue weighted by Gasteiger charge is 2.20.